The molecule has 0 aliphatic carbocycles. The van der Waals surface area contributed by atoms with Gasteiger partial charge >= 0.3 is 6.18 Å². The van der Waals surface area contributed by atoms with Crippen molar-refractivity contribution < 1.29 is 40.6 Å². The third-order valence-electron chi connectivity index (χ3n) is 3.54. The van der Waals surface area contributed by atoms with Crippen LogP contribution in [0, 0.1) is 10.1 Å². The van der Waals surface area contributed by atoms with Crippen LogP contribution in [0.5, 0.6) is 11.5 Å². The van der Waals surface area contributed by atoms with Crippen LogP contribution in [-0.4, -0.2) is 65.7 Å². The van der Waals surface area contributed by atoms with Crippen LogP contribution in [-0.2, 0) is 16.3 Å². The van der Waals surface area contributed by atoms with Crippen LogP contribution < -0.4 is 10.1 Å². The van der Waals surface area contributed by atoms with E-state index in [-0.39, 0.29) is 46.1 Å². The van der Waals surface area contributed by atoms with E-state index in [0.29, 0.717) is 6.07 Å². The predicted octanol–water partition coefficient (Wildman–Crippen LogP) is 3.30. The van der Waals surface area contributed by atoms with Crippen LogP contribution in [0.3, 0.4) is 0 Å². The Balaban J connectivity index is 0.00000480. The molecule has 0 aliphatic rings. The molecule has 0 aromatic heterocycles. The molecule has 0 saturated heterocycles. The standard InChI is InChI=1S/C16H12ClF3N2O7S.Na/c17-12-7-9(16(18,19)20)1-4-14(12)29-10-2-3-13(22(24)25)11(8-10)15(23)21-5-6-30(26,27)28;/h1-4,7-8H,5-6H2,(H,21,23)(H,26,27,28);. The molecule has 0 spiro atoms. The average molecular weight is 492 g/mol. The number of rotatable bonds is 7. The Bertz CT molecular complexity index is 1100. The summed E-state index contributed by atoms with van der Waals surface area (Å²) in [6, 6.07) is 5.25. The van der Waals surface area contributed by atoms with Gasteiger partial charge in [0.15, 0.2) is 0 Å². The summed E-state index contributed by atoms with van der Waals surface area (Å²) in [6.45, 7) is -0.523. The molecule has 0 atom stereocenters. The molecule has 31 heavy (non-hydrogen) atoms. The van der Waals surface area contributed by atoms with E-state index < -0.39 is 56.2 Å². The number of benzene rings is 2. The fourth-order valence-corrected chi connectivity index (χ4v) is 2.77. The number of amides is 1. The van der Waals surface area contributed by atoms with Gasteiger partial charge in [-0.3, -0.25) is 19.5 Å². The minimum Gasteiger partial charge on any atom is -0.456 e. The van der Waals surface area contributed by atoms with Crippen molar-refractivity contribution in [3.63, 3.8) is 0 Å². The molecule has 1 amide bonds. The molecule has 0 aliphatic heterocycles. The van der Waals surface area contributed by atoms with Crippen molar-refractivity contribution in [2.75, 3.05) is 12.3 Å². The number of nitrogens with one attached hydrogen (secondary N) is 1. The molecule has 2 aromatic carbocycles. The van der Waals surface area contributed by atoms with Crippen LogP contribution in [0.15, 0.2) is 36.4 Å². The number of alkyl halides is 3. The summed E-state index contributed by atoms with van der Waals surface area (Å²) in [5, 5.41) is 12.8. The summed E-state index contributed by atoms with van der Waals surface area (Å²) >= 11 is 5.79. The Morgan fingerprint density at radius 2 is 1.87 bits per heavy atom. The zero-order valence-corrected chi connectivity index (χ0v) is 19.2. The topological polar surface area (TPSA) is 136 Å². The maximum Gasteiger partial charge on any atom is 0.416 e. The summed E-state index contributed by atoms with van der Waals surface area (Å²) in [4.78, 5) is 22.5. The Labute approximate surface area is 200 Å². The van der Waals surface area contributed by atoms with Crippen LogP contribution in [0.4, 0.5) is 18.9 Å². The van der Waals surface area contributed by atoms with Gasteiger partial charge in [-0.2, -0.15) is 21.6 Å². The van der Waals surface area contributed by atoms with Crippen LogP contribution in [0.1, 0.15) is 15.9 Å². The first-order chi connectivity index (χ1) is 13.8. The van der Waals surface area contributed by atoms with Crippen molar-refractivity contribution in [1.82, 2.24) is 5.32 Å². The quantitative estimate of drug-likeness (QED) is 0.262. The van der Waals surface area contributed by atoms with E-state index in [2.05, 4.69) is 5.32 Å². The van der Waals surface area contributed by atoms with Gasteiger partial charge in [-0.1, -0.05) is 11.6 Å². The summed E-state index contributed by atoms with van der Waals surface area (Å²) in [5.74, 6) is -2.20. The van der Waals surface area contributed by atoms with Crippen molar-refractivity contribution in [3.8, 4) is 11.5 Å². The molecular formula is C16H12ClF3N2NaO7S. The van der Waals surface area contributed by atoms with Gasteiger partial charge in [0.2, 0.25) is 0 Å². The maximum atomic E-state index is 12.7. The molecule has 2 rings (SSSR count). The summed E-state index contributed by atoms with van der Waals surface area (Å²) in [5.41, 5.74) is -2.15. The number of carbonyl (C=O) groups excluding carboxylic acids is 1. The zero-order valence-electron chi connectivity index (χ0n) is 15.6. The Morgan fingerprint density at radius 3 is 2.39 bits per heavy atom. The molecule has 1 radical (unpaired) electrons. The molecule has 0 heterocycles. The first kappa shape index (κ1) is 27.1. The van der Waals surface area contributed by atoms with Crippen molar-refractivity contribution in [2.45, 2.75) is 6.18 Å². The second-order valence-electron chi connectivity index (χ2n) is 5.72. The average Bonchev–Trinajstić information content (AvgIpc) is 2.61. The molecule has 2 aromatic rings. The summed E-state index contributed by atoms with van der Waals surface area (Å²) in [7, 11) is -4.36. The van der Waals surface area contributed by atoms with Gasteiger partial charge in [-0.05, 0) is 24.3 Å². The van der Waals surface area contributed by atoms with Crippen molar-refractivity contribution in [3.05, 3.63) is 62.7 Å². The molecule has 163 valence electrons. The molecule has 2 N–H and O–H groups in total. The largest absolute Gasteiger partial charge is 0.456 e. The molecule has 0 saturated carbocycles. The number of nitrogens with zero attached hydrogens (tertiary/aromatic N) is 1. The zero-order chi connectivity index (χ0) is 22.7. The Kier molecular flexibility index (Phi) is 9.29. The number of halogens is 4. The smallest absolute Gasteiger partial charge is 0.416 e. The SMILES string of the molecule is O=C(NCCS(=O)(=O)O)c1cc(Oc2ccc(C(F)(F)F)cc2Cl)ccc1[N+](=O)[O-].[Na]. The summed E-state index contributed by atoms with van der Waals surface area (Å²) in [6.07, 6.45) is -4.62. The fourth-order valence-electron chi connectivity index (χ4n) is 2.20. The molecule has 0 unspecified atom stereocenters. The third kappa shape index (κ3) is 7.94. The number of hydrogen-bond donors (Lipinski definition) is 2. The van der Waals surface area contributed by atoms with E-state index in [1.54, 1.807) is 0 Å². The third-order valence-corrected chi connectivity index (χ3v) is 4.56. The first-order valence-electron chi connectivity index (χ1n) is 7.84. The van der Waals surface area contributed by atoms with E-state index in [9.17, 15) is 36.5 Å². The van der Waals surface area contributed by atoms with Gasteiger partial charge in [0, 0.05) is 48.2 Å². The molecule has 15 heteroatoms. The second kappa shape index (κ2) is 10.6. The van der Waals surface area contributed by atoms with Gasteiger partial charge in [0.05, 0.1) is 21.3 Å². The Hall–Kier alpha value is -1.90. The number of nitro groups is 1. The van der Waals surface area contributed by atoms with Gasteiger partial charge in [0.1, 0.15) is 17.1 Å². The number of carbonyl (C=O) groups is 1. The number of ether oxygens (including phenoxy) is 1. The monoisotopic (exact) mass is 491 g/mol. The van der Waals surface area contributed by atoms with Gasteiger partial charge in [0.25, 0.3) is 21.7 Å². The number of hydrogen-bond acceptors (Lipinski definition) is 6. The van der Waals surface area contributed by atoms with Crippen LogP contribution in [0.2, 0.25) is 5.02 Å². The van der Waals surface area contributed by atoms with Crippen LogP contribution in [0.25, 0.3) is 0 Å². The number of nitro benzene ring substituents is 1. The van der Waals surface area contributed by atoms with E-state index >= 15 is 0 Å². The second-order valence-corrected chi connectivity index (χ2v) is 7.70. The molecular weight excluding hydrogens is 480 g/mol. The van der Waals surface area contributed by atoms with Gasteiger partial charge in [-0.15, -0.1) is 0 Å². The van der Waals surface area contributed by atoms with Crippen molar-refractivity contribution >= 4 is 62.9 Å². The van der Waals surface area contributed by atoms with Gasteiger partial charge < -0.3 is 10.1 Å². The van der Waals surface area contributed by atoms with Crippen molar-refractivity contribution in [2.24, 2.45) is 0 Å². The fraction of sp³-hybridized carbons (Fsp3) is 0.188. The Morgan fingerprint density at radius 1 is 1.23 bits per heavy atom. The van der Waals surface area contributed by atoms with E-state index in [1.165, 1.54) is 0 Å². The van der Waals surface area contributed by atoms with E-state index in [1.807, 2.05) is 0 Å². The molecule has 9 nitrogen and oxygen atoms in total. The normalized spacial score (nSPS) is 11.4. The predicted molar refractivity (Wildman–Crippen MR) is 104 cm³/mol. The minimum absolute atomic E-state index is 0. The molecule has 0 bridgehead atoms. The minimum atomic E-state index is -4.62. The van der Waals surface area contributed by atoms with E-state index in [4.69, 9.17) is 20.9 Å². The van der Waals surface area contributed by atoms with Gasteiger partial charge in [-0.25, -0.2) is 0 Å². The van der Waals surface area contributed by atoms with Crippen LogP contribution >= 0.6 is 11.6 Å². The molecule has 0 fully saturated rings. The first-order valence-corrected chi connectivity index (χ1v) is 9.83. The van der Waals surface area contributed by atoms with E-state index in [0.717, 1.165) is 30.3 Å². The van der Waals surface area contributed by atoms with Crippen molar-refractivity contribution in [1.29, 1.82) is 0 Å². The summed E-state index contributed by atoms with van der Waals surface area (Å²) < 4.78 is 73.5. The maximum absolute atomic E-state index is 12.7.